The van der Waals surface area contributed by atoms with Gasteiger partial charge in [0.15, 0.2) is 15.8 Å². The molecular weight excluding hydrogens is 386 g/mol. The van der Waals surface area contributed by atoms with Gasteiger partial charge in [-0.1, -0.05) is 38.3 Å². The molecule has 1 aliphatic carbocycles. The number of nitrogens with zero attached hydrogens (tertiary/aromatic N) is 1. The van der Waals surface area contributed by atoms with E-state index in [1.165, 1.54) is 25.5 Å². The quantitative estimate of drug-likeness (QED) is 0.469. The van der Waals surface area contributed by atoms with Gasteiger partial charge in [-0.15, -0.1) is 0 Å². The van der Waals surface area contributed by atoms with Crippen LogP contribution in [-0.2, 0) is 21.1 Å². The molecule has 0 unspecified atom stereocenters. The molecule has 0 bridgehead atoms. The van der Waals surface area contributed by atoms with Crippen molar-refractivity contribution < 1.29 is 13.2 Å². The van der Waals surface area contributed by atoms with E-state index in [2.05, 4.69) is 17.6 Å². The molecule has 0 aromatic heterocycles. The van der Waals surface area contributed by atoms with E-state index in [0.717, 1.165) is 56.0 Å². The van der Waals surface area contributed by atoms with Crippen LogP contribution < -0.4 is 10.6 Å². The van der Waals surface area contributed by atoms with Crippen molar-refractivity contribution in [3.63, 3.8) is 0 Å². The first-order valence-electron chi connectivity index (χ1n) is 10.8. The van der Waals surface area contributed by atoms with E-state index in [9.17, 15) is 8.42 Å². The Hall–Kier alpha value is -1.60. The first-order chi connectivity index (χ1) is 13.8. The summed E-state index contributed by atoms with van der Waals surface area (Å²) in [6.45, 7) is 8.83. The van der Waals surface area contributed by atoms with Crippen molar-refractivity contribution >= 4 is 15.8 Å². The molecule has 2 N–H and O–H groups in total. The van der Waals surface area contributed by atoms with Crippen LogP contribution in [0.25, 0.3) is 0 Å². The highest BCUT2D eigenvalue weighted by molar-refractivity contribution is 7.90. The van der Waals surface area contributed by atoms with Crippen molar-refractivity contribution in [3.05, 3.63) is 29.3 Å². The lowest BCUT2D eigenvalue weighted by molar-refractivity contribution is -0.0657. The Morgan fingerprint density at radius 1 is 1.17 bits per heavy atom. The molecule has 1 aliphatic rings. The minimum Gasteiger partial charge on any atom is -0.373 e. The number of benzene rings is 1. The maximum Gasteiger partial charge on any atom is 0.191 e. The van der Waals surface area contributed by atoms with Crippen LogP contribution >= 0.6 is 0 Å². The highest BCUT2D eigenvalue weighted by Gasteiger charge is 2.32. The Morgan fingerprint density at radius 3 is 2.48 bits per heavy atom. The molecule has 1 saturated carbocycles. The summed E-state index contributed by atoms with van der Waals surface area (Å²) in [4.78, 5) is 5.08. The number of hydrogen-bond acceptors (Lipinski definition) is 4. The van der Waals surface area contributed by atoms with E-state index < -0.39 is 9.84 Å². The second-order valence-electron chi connectivity index (χ2n) is 8.01. The summed E-state index contributed by atoms with van der Waals surface area (Å²) >= 11 is 0. The molecule has 1 aromatic rings. The highest BCUT2D eigenvalue weighted by Crippen LogP contribution is 2.31. The predicted octanol–water partition coefficient (Wildman–Crippen LogP) is 3.58. The topological polar surface area (TPSA) is 79.8 Å². The molecule has 0 atom stereocenters. The predicted molar refractivity (Wildman–Crippen MR) is 119 cm³/mol. The van der Waals surface area contributed by atoms with Crippen LogP contribution in [0.4, 0.5) is 0 Å². The van der Waals surface area contributed by atoms with E-state index in [0.29, 0.717) is 11.4 Å². The standard InChI is InChI=1S/C22H37N3O3S/c1-5-14-28-22(12-8-7-9-13-22)17-25-21(23-6-2)24-16-19-10-11-20(18(3)15-19)29(4,26)27/h10-11,15H,5-9,12-14,16-17H2,1-4H3,(H2,23,24,25). The Bertz CT molecular complexity index is 784. The van der Waals surface area contributed by atoms with Gasteiger partial charge in [0.05, 0.1) is 17.0 Å². The summed E-state index contributed by atoms with van der Waals surface area (Å²) in [5, 5.41) is 6.78. The van der Waals surface area contributed by atoms with Gasteiger partial charge in [-0.25, -0.2) is 13.4 Å². The second kappa shape index (κ2) is 11.0. The minimum absolute atomic E-state index is 0.0990. The smallest absolute Gasteiger partial charge is 0.191 e. The third-order valence-electron chi connectivity index (χ3n) is 5.36. The number of aryl methyl sites for hydroxylation is 1. The fourth-order valence-electron chi connectivity index (χ4n) is 3.87. The lowest BCUT2D eigenvalue weighted by Gasteiger charge is -2.37. The molecule has 0 saturated heterocycles. The van der Waals surface area contributed by atoms with Gasteiger partial charge in [-0.05, 0) is 50.3 Å². The zero-order valence-electron chi connectivity index (χ0n) is 18.4. The van der Waals surface area contributed by atoms with E-state index in [1.807, 2.05) is 26.0 Å². The van der Waals surface area contributed by atoms with E-state index >= 15 is 0 Å². The monoisotopic (exact) mass is 423 g/mol. The van der Waals surface area contributed by atoms with Crippen LogP contribution in [-0.4, -0.2) is 45.9 Å². The van der Waals surface area contributed by atoms with E-state index in [-0.39, 0.29) is 5.60 Å². The summed E-state index contributed by atoms with van der Waals surface area (Å²) in [7, 11) is -3.20. The number of guanidine groups is 1. The molecule has 6 nitrogen and oxygen atoms in total. The van der Waals surface area contributed by atoms with Gasteiger partial charge in [0.25, 0.3) is 0 Å². The molecule has 0 radical (unpaired) electrons. The average molecular weight is 424 g/mol. The molecule has 0 amide bonds. The molecule has 2 rings (SSSR count). The Morgan fingerprint density at radius 2 is 1.90 bits per heavy atom. The molecule has 29 heavy (non-hydrogen) atoms. The van der Waals surface area contributed by atoms with Crippen LogP contribution in [0.1, 0.15) is 63.5 Å². The maximum absolute atomic E-state index is 11.8. The van der Waals surface area contributed by atoms with Gasteiger partial charge in [0.1, 0.15) is 0 Å². The summed E-state index contributed by atoms with van der Waals surface area (Å²) in [5.41, 5.74) is 1.65. The van der Waals surface area contributed by atoms with Gasteiger partial charge in [-0.3, -0.25) is 0 Å². The summed E-state index contributed by atoms with van der Waals surface area (Å²) in [5.74, 6) is 0.766. The Kier molecular flexibility index (Phi) is 8.96. The van der Waals surface area contributed by atoms with Gasteiger partial charge in [0.2, 0.25) is 0 Å². The van der Waals surface area contributed by atoms with Gasteiger partial charge >= 0.3 is 0 Å². The number of sulfone groups is 1. The third kappa shape index (κ3) is 7.30. The minimum atomic E-state index is -3.20. The molecule has 1 fully saturated rings. The number of hydrogen-bond donors (Lipinski definition) is 2. The number of nitrogens with one attached hydrogen (secondary N) is 2. The highest BCUT2D eigenvalue weighted by atomic mass is 32.2. The van der Waals surface area contributed by atoms with E-state index in [4.69, 9.17) is 9.73 Å². The fourth-order valence-corrected chi connectivity index (χ4v) is 4.83. The summed E-state index contributed by atoms with van der Waals surface area (Å²) in [6.07, 6.45) is 8.15. The summed E-state index contributed by atoms with van der Waals surface area (Å²) < 4.78 is 29.9. The zero-order chi connectivity index (χ0) is 21.3. The van der Waals surface area contributed by atoms with Crippen LogP contribution in [0, 0.1) is 6.92 Å². The second-order valence-corrected chi connectivity index (χ2v) is 10.00. The van der Waals surface area contributed by atoms with Crippen molar-refractivity contribution in [1.29, 1.82) is 0 Å². The first kappa shape index (κ1) is 23.7. The molecule has 1 aromatic carbocycles. The fraction of sp³-hybridized carbons (Fsp3) is 0.682. The van der Waals surface area contributed by atoms with Crippen LogP contribution in [0.15, 0.2) is 28.1 Å². The maximum atomic E-state index is 11.8. The first-order valence-corrected chi connectivity index (χ1v) is 12.6. The Balaban J connectivity index is 2.06. The molecule has 0 aliphatic heterocycles. The van der Waals surface area contributed by atoms with Gasteiger partial charge in [0, 0.05) is 26.0 Å². The number of rotatable bonds is 9. The normalized spacial score (nSPS) is 17.2. The van der Waals surface area contributed by atoms with Crippen molar-refractivity contribution in [3.8, 4) is 0 Å². The average Bonchev–Trinajstić information content (AvgIpc) is 2.68. The SMILES string of the molecule is CCCOC1(CNC(=NCc2ccc(S(C)(=O)=O)c(C)c2)NCC)CCCCC1. The van der Waals surface area contributed by atoms with Gasteiger partial charge in [-0.2, -0.15) is 0 Å². The molecule has 7 heteroatoms. The molecule has 164 valence electrons. The number of aliphatic imine (C=N–C) groups is 1. The summed E-state index contributed by atoms with van der Waals surface area (Å²) in [6, 6.07) is 5.41. The van der Waals surface area contributed by atoms with Crippen molar-refractivity contribution in [2.45, 2.75) is 76.3 Å². The van der Waals surface area contributed by atoms with Crippen molar-refractivity contribution in [2.75, 3.05) is 26.0 Å². The molecular formula is C22H37N3O3S. The lowest BCUT2D eigenvalue weighted by atomic mass is 9.84. The van der Waals surface area contributed by atoms with E-state index in [1.54, 1.807) is 6.07 Å². The number of ether oxygens (including phenoxy) is 1. The third-order valence-corrected chi connectivity index (χ3v) is 6.61. The van der Waals surface area contributed by atoms with Crippen LogP contribution in [0.3, 0.4) is 0 Å². The Labute approximate surface area is 176 Å². The zero-order valence-corrected chi connectivity index (χ0v) is 19.2. The van der Waals surface area contributed by atoms with Crippen molar-refractivity contribution in [1.82, 2.24) is 10.6 Å². The van der Waals surface area contributed by atoms with Crippen LogP contribution in [0.5, 0.6) is 0 Å². The lowest BCUT2D eigenvalue weighted by Crippen LogP contribution is -2.49. The largest absolute Gasteiger partial charge is 0.373 e. The van der Waals surface area contributed by atoms with Crippen LogP contribution in [0.2, 0.25) is 0 Å². The van der Waals surface area contributed by atoms with Crippen molar-refractivity contribution in [2.24, 2.45) is 4.99 Å². The van der Waals surface area contributed by atoms with Gasteiger partial charge < -0.3 is 15.4 Å². The molecule has 0 spiro atoms. The molecule has 0 heterocycles.